The van der Waals surface area contributed by atoms with Crippen LogP contribution in [0.1, 0.15) is 285 Å². The van der Waals surface area contributed by atoms with Gasteiger partial charge in [-0.15, -0.1) is 0 Å². The Labute approximate surface area is 561 Å². The average Bonchev–Trinajstić information content (AvgIpc) is 0.764. The number of phosphoric ester groups is 1. The van der Waals surface area contributed by atoms with Gasteiger partial charge in [0.15, 0.2) is 18.7 Å². The molecule has 19 atom stereocenters. The Morgan fingerprint density at radius 2 is 0.745 bits per heavy atom. The number of phosphoric acid groups is 1. The molecule has 0 aromatic heterocycles. The largest absolute Gasteiger partial charge is 0.472 e. The monoisotopic (exact) mass is 1370 g/mol. The van der Waals surface area contributed by atoms with E-state index in [0.29, 0.717) is 25.2 Å². The van der Waals surface area contributed by atoms with Gasteiger partial charge in [0, 0.05) is 19.3 Å². The Balaban J connectivity index is 1.76. The Morgan fingerprint density at radius 3 is 1.15 bits per heavy atom. The van der Waals surface area contributed by atoms with E-state index in [-0.39, 0.29) is 19.3 Å². The molecule has 2 saturated heterocycles. The molecule has 0 amide bonds. The Bertz CT molecular complexity index is 1980. The molecular weight excluding hydrogens is 1240 g/mol. The highest BCUT2D eigenvalue weighted by atomic mass is 31.2. The van der Waals surface area contributed by atoms with Crippen molar-refractivity contribution in [1.82, 2.24) is 0 Å². The molecule has 0 bridgehead atoms. The van der Waals surface area contributed by atoms with Crippen molar-refractivity contribution < 1.29 is 117 Å². The molecule has 1 aliphatic carbocycles. The molecule has 0 spiro atoms. The molecule has 0 aromatic rings. The fourth-order valence-electron chi connectivity index (χ4n) is 12.4. The first-order chi connectivity index (χ1) is 45.2. The summed E-state index contributed by atoms with van der Waals surface area (Å²) >= 11 is 0. The van der Waals surface area contributed by atoms with Crippen molar-refractivity contribution in [2.45, 2.75) is 389 Å². The van der Waals surface area contributed by atoms with Gasteiger partial charge in [0.2, 0.25) is 0 Å². The van der Waals surface area contributed by atoms with E-state index in [9.17, 15) is 74.9 Å². The highest BCUT2D eigenvalue weighted by Gasteiger charge is 2.58. The third kappa shape index (κ3) is 34.8. The highest BCUT2D eigenvalue weighted by molar-refractivity contribution is 7.47. The molecule has 3 fully saturated rings. The summed E-state index contributed by atoms with van der Waals surface area (Å²) in [5, 5.41) is 110. The zero-order valence-corrected chi connectivity index (χ0v) is 58.6. The van der Waals surface area contributed by atoms with Crippen LogP contribution >= 0.6 is 7.82 Å². The molecule has 94 heavy (non-hydrogen) atoms. The number of hydrogen-bond donors (Lipinski definition) is 11. The molecule has 2 aliphatic heterocycles. The zero-order valence-electron chi connectivity index (χ0n) is 57.7. The predicted octanol–water partition coefficient (Wildman–Crippen LogP) is 9.26. The molecule has 11 N–H and O–H groups in total. The van der Waals surface area contributed by atoms with Crippen molar-refractivity contribution in [3.05, 3.63) is 0 Å². The number of esters is 3. The van der Waals surface area contributed by atoms with Crippen molar-refractivity contribution >= 4 is 25.7 Å². The lowest BCUT2D eigenvalue weighted by atomic mass is 9.84. The van der Waals surface area contributed by atoms with E-state index in [1.807, 2.05) is 0 Å². The molecule has 3 aliphatic rings. The summed E-state index contributed by atoms with van der Waals surface area (Å²) in [5.74, 6) is -1.30. The fourth-order valence-corrected chi connectivity index (χ4v) is 13.4. The second-order valence-corrected chi connectivity index (χ2v) is 28.3. The van der Waals surface area contributed by atoms with Crippen LogP contribution in [0.2, 0.25) is 0 Å². The summed E-state index contributed by atoms with van der Waals surface area (Å²) in [7, 11) is -5.69. The lowest BCUT2D eigenvalue weighted by molar-refractivity contribution is -0.360. The van der Waals surface area contributed by atoms with E-state index in [2.05, 4.69) is 27.7 Å². The van der Waals surface area contributed by atoms with Crippen molar-refractivity contribution in [3.63, 3.8) is 0 Å². The number of aliphatic hydroxyl groups excluding tert-OH is 10. The van der Waals surface area contributed by atoms with Crippen molar-refractivity contribution in [2.75, 3.05) is 26.4 Å². The predicted molar refractivity (Wildman–Crippen MR) is 352 cm³/mol. The van der Waals surface area contributed by atoms with E-state index >= 15 is 0 Å². The zero-order chi connectivity index (χ0) is 69.1. The topological polar surface area (TPSA) is 374 Å². The molecular formula is C69H129O24P. The number of hydrogen-bond acceptors (Lipinski definition) is 23. The molecule has 1 saturated carbocycles. The van der Waals surface area contributed by atoms with Gasteiger partial charge in [0.25, 0.3) is 0 Å². The van der Waals surface area contributed by atoms with E-state index in [4.69, 9.17) is 42.2 Å². The summed E-state index contributed by atoms with van der Waals surface area (Å²) < 4.78 is 65.0. The van der Waals surface area contributed by atoms with Crippen LogP contribution in [0.3, 0.4) is 0 Å². The number of aliphatic hydroxyl groups is 10. The van der Waals surface area contributed by atoms with Gasteiger partial charge in [-0.3, -0.25) is 23.4 Å². The van der Waals surface area contributed by atoms with Gasteiger partial charge in [-0.1, -0.05) is 246 Å². The van der Waals surface area contributed by atoms with E-state index in [1.165, 1.54) is 122 Å². The normalized spacial score (nSPS) is 28.6. The molecule has 3 rings (SSSR count). The van der Waals surface area contributed by atoms with Crippen LogP contribution in [0.15, 0.2) is 0 Å². The standard InChI is InChI=1S/C69H129O24P/c1-5-8-11-14-17-19-21-23-25-26-32-37-42-53(71)85-46-50(88-55(73)44-39-34-29-28-31-36-41-49(4)40-35-30-16-13-10-7-3)47-87-94(83,84)93-67-65(91-68-63(81)58(76)56(74)51(45-70)89-68)61(79)60(78)62(80)66(67)92-69-64(82)59(77)57(75)52(90-69)48-86-54(72)43-38-33-27-24-22-20-18-15-12-9-6-2/h49-52,56-70,74-82H,5-48H2,1-4H3,(H,83,84). The maximum absolute atomic E-state index is 14.3. The van der Waals surface area contributed by atoms with Crippen LogP contribution < -0.4 is 0 Å². The third-order valence-corrected chi connectivity index (χ3v) is 19.5. The molecule has 0 aromatic carbocycles. The number of unbranched alkanes of at least 4 members (excludes halogenated alkanes) is 31. The lowest BCUT2D eigenvalue weighted by Crippen LogP contribution is -2.69. The lowest BCUT2D eigenvalue weighted by Gasteiger charge is -2.49. The van der Waals surface area contributed by atoms with Gasteiger partial charge in [-0.25, -0.2) is 4.57 Å². The minimum atomic E-state index is -5.69. The SMILES string of the molecule is CCCCCCCCCCCCCCC(=O)OCC(COP(=O)(O)OC1C(OC2OC(CO)C(O)C(O)C2O)C(O)C(O)C(O)C1OC1OC(COC(=O)CCCCCCCCCCCCC)C(O)C(O)C1O)OC(=O)CCCCCCCCC(C)CCCCCCCC. The molecule has 554 valence electrons. The Kier molecular flexibility index (Phi) is 46.9. The minimum absolute atomic E-state index is 0.0323. The maximum atomic E-state index is 14.3. The number of ether oxygens (including phenoxy) is 7. The van der Waals surface area contributed by atoms with Crippen molar-refractivity contribution in [3.8, 4) is 0 Å². The summed E-state index contributed by atoms with van der Waals surface area (Å²) in [6.45, 7) is 5.74. The van der Waals surface area contributed by atoms with Gasteiger partial charge in [0.1, 0.15) is 98.7 Å². The average molecular weight is 1370 g/mol. The molecule has 25 heteroatoms. The highest BCUT2D eigenvalue weighted by Crippen LogP contribution is 2.49. The van der Waals surface area contributed by atoms with E-state index < -0.39 is 156 Å². The third-order valence-electron chi connectivity index (χ3n) is 18.5. The summed E-state index contributed by atoms with van der Waals surface area (Å²) in [6, 6.07) is 0. The van der Waals surface area contributed by atoms with Crippen molar-refractivity contribution in [1.29, 1.82) is 0 Å². The Morgan fingerprint density at radius 1 is 0.404 bits per heavy atom. The first-order valence-corrected chi connectivity index (χ1v) is 38.2. The van der Waals surface area contributed by atoms with Crippen LogP contribution in [0, 0.1) is 5.92 Å². The van der Waals surface area contributed by atoms with Crippen LogP contribution in [-0.4, -0.2) is 204 Å². The number of rotatable bonds is 56. The quantitative estimate of drug-likeness (QED) is 0.0117. The van der Waals surface area contributed by atoms with Crippen LogP contribution in [0.4, 0.5) is 0 Å². The maximum Gasteiger partial charge on any atom is 0.472 e. The number of carbonyl (C=O) groups is 3. The van der Waals surface area contributed by atoms with Crippen LogP contribution in [0.25, 0.3) is 0 Å². The Hall–Kier alpha value is -2.04. The molecule has 19 unspecified atom stereocenters. The minimum Gasteiger partial charge on any atom is -0.463 e. The van der Waals surface area contributed by atoms with Crippen LogP contribution in [-0.2, 0) is 61.2 Å². The smallest absolute Gasteiger partial charge is 0.463 e. The summed E-state index contributed by atoms with van der Waals surface area (Å²) in [6.07, 6.45) is 4.86. The first-order valence-electron chi connectivity index (χ1n) is 36.7. The summed E-state index contributed by atoms with van der Waals surface area (Å²) in [5.41, 5.74) is 0. The molecule has 2 heterocycles. The van der Waals surface area contributed by atoms with Gasteiger partial charge in [-0.2, -0.15) is 0 Å². The number of carbonyl (C=O) groups excluding carboxylic acids is 3. The first kappa shape index (κ1) is 86.2. The van der Waals surface area contributed by atoms with Gasteiger partial charge in [-0.05, 0) is 25.2 Å². The molecule has 0 radical (unpaired) electrons. The second-order valence-electron chi connectivity index (χ2n) is 26.9. The van der Waals surface area contributed by atoms with Gasteiger partial charge >= 0.3 is 25.7 Å². The second kappa shape index (κ2) is 51.2. The fraction of sp³-hybridized carbons (Fsp3) is 0.957. The van der Waals surface area contributed by atoms with E-state index in [1.54, 1.807) is 0 Å². The van der Waals surface area contributed by atoms with Gasteiger partial charge < -0.3 is 89.1 Å². The van der Waals surface area contributed by atoms with Crippen LogP contribution in [0.5, 0.6) is 0 Å². The summed E-state index contributed by atoms with van der Waals surface area (Å²) in [4.78, 5) is 50.9. The molecule has 24 nitrogen and oxygen atoms in total. The van der Waals surface area contributed by atoms with Gasteiger partial charge in [0.05, 0.1) is 13.2 Å². The van der Waals surface area contributed by atoms with Crippen molar-refractivity contribution in [2.24, 2.45) is 5.92 Å². The van der Waals surface area contributed by atoms with E-state index in [0.717, 1.165) is 96.3 Å².